The third-order valence-corrected chi connectivity index (χ3v) is 3.97. The van der Waals surface area contributed by atoms with Gasteiger partial charge in [-0.25, -0.2) is 0 Å². The van der Waals surface area contributed by atoms with Crippen LogP contribution >= 0.6 is 0 Å². The molecule has 1 N–H and O–H groups in total. The average Bonchev–Trinajstić information content (AvgIpc) is 2.45. The van der Waals surface area contributed by atoms with E-state index >= 15 is 0 Å². The summed E-state index contributed by atoms with van der Waals surface area (Å²) >= 11 is 0. The number of hydrogen-bond acceptors (Lipinski definition) is 1. The molecule has 0 heterocycles. The van der Waals surface area contributed by atoms with Gasteiger partial charge in [0.15, 0.2) is 0 Å². The second-order valence-corrected chi connectivity index (χ2v) is 5.50. The summed E-state index contributed by atoms with van der Waals surface area (Å²) in [5.74, 6) is 0. The van der Waals surface area contributed by atoms with Crippen LogP contribution in [0, 0.1) is 0 Å². The number of rotatable bonds is 2. The Balaban J connectivity index is 2.70. The average molecular weight is 336 g/mol. The predicted octanol–water partition coefficient (Wildman–Crippen LogP) is 4.86. The molecule has 2 atom stereocenters. The molecule has 0 aliphatic heterocycles. The van der Waals surface area contributed by atoms with Crippen molar-refractivity contribution in [3.63, 3.8) is 0 Å². The first-order chi connectivity index (χ1) is 10.5. The highest BCUT2D eigenvalue weighted by atomic mass is 19.4. The lowest BCUT2D eigenvalue weighted by Gasteiger charge is -2.35. The summed E-state index contributed by atoms with van der Waals surface area (Å²) in [5.41, 5.74) is -4.30. The number of hydrogen-bond donors (Lipinski definition) is 1. The molecule has 0 spiro atoms. The minimum atomic E-state index is -4.91. The van der Waals surface area contributed by atoms with Gasteiger partial charge in [0.25, 0.3) is 0 Å². The normalized spacial score (nSPS) is 23.1. The molecule has 0 radical (unpaired) electrons. The molecule has 2 unspecified atom stereocenters. The van der Waals surface area contributed by atoms with Crippen molar-refractivity contribution in [2.75, 3.05) is 0 Å². The summed E-state index contributed by atoms with van der Waals surface area (Å²) in [6, 6.07) is 1.43. The van der Waals surface area contributed by atoms with Crippen molar-refractivity contribution in [1.29, 1.82) is 0 Å². The molecule has 0 saturated heterocycles. The molecule has 1 aromatic carbocycles. The van der Waals surface area contributed by atoms with Crippen LogP contribution in [0.5, 0.6) is 0 Å². The fourth-order valence-corrected chi connectivity index (χ4v) is 2.63. The molecule has 126 valence electrons. The maximum Gasteiger partial charge on any atom is 0.416 e. The van der Waals surface area contributed by atoms with E-state index in [0.717, 1.165) is 0 Å². The first kappa shape index (κ1) is 17.6. The van der Waals surface area contributed by atoms with E-state index in [4.69, 9.17) is 0 Å². The molecule has 23 heavy (non-hydrogen) atoms. The van der Waals surface area contributed by atoms with E-state index in [0.29, 0.717) is 12.1 Å². The van der Waals surface area contributed by atoms with Gasteiger partial charge < -0.3 is 5.11 Å². The van der Waals surface area contributed by atoms with Gasteiger partial charge in [-0.05, 0) is 37.1 Å². The molecule has 0 amide bonds. The summed E-state index contributed by atoms with van der Waals surface area (Å²) in [6.45, 7) is 1.34. The van der Waals surface area contributed by atoms with Crippen LogP contribution in [0.2, 0.25) is 0 Å². The summed E-state index contributed by atoms with van der Waals surface area (Å²) in [4.78, 5) is 0. The van der Waals surface area contributed by atoms with Crippen LogP contribution in [0.25, 0.3) is 0 Å². The molecule has 0 bridgehead atoms. The number of halogens is 6. The minimum Gasteiger partial charge on any atom is -0.392 e. The monoisotopic (exact) mass is 336 g/mol. The van der Waals surface area contributed by atoms with E-state index in [-0.39, 0.29) is 18.1 Å². The topological polar surface area (TPSA) is 20.2 Å². The molecule has 1 nitrogen and oxygen atoms in total. The Labute approximate surface area is 128 Å². The fourth-order valence-electron chi connectivity index (χ4n) is 2.63. The Morgan fingerprint density at radius 2 is 1.48 bits per heavy atom. The van der Waals surface area contributed by atoms with Crippen molar-refractivity contribution in [3.8, 4) is 0 Å². The summed E-state index contributed by atoms with van der Waals surface area (Å²) < 4.78 is 77.8. The fraction of sp³-hybridized carbons (Fsp3) is 0.375. The lowest BCUT2D eigenvalue weighted by Crippen LogP contribution is -2.36. The van der Waals surface area contributed by atoms with Crippen molar-refractivity contribution >= 4 is 0 Å². The van der Waals surface area contributed by atoms with Gasteiger partial charge in [-0.3, -0.25) is 0 Å². The molecule has 0 aromatic heterocycles. The largest absolute Gasteiger partial charge is 0.416 e. The molecule has 1 aromatic rings. The maximum absolute atomic E-state index is 13.0. The van der Waals surface area contributed by atoms with Crippen LogP contribution in [0.4, 0.5) is 26.3 Å². The van der Waals surface area contributed by atoms with Crippen LogP contribution in [0.3, 0.4) is 0 Å². The van der Waals surface area contributed by atoms with Crippen LogP contribution in [-0.4, -0.2) is 11.2 Å². The van der Waals surface area contributed by atoms with Crippen molar-refractivity contribution in [2.24, 2.45) is 0 Å². The Hall–Kier alpha value is -1.76. The number of allylic oxidation sites excluding steroid dienone is 3. The molecule has 1 aliphatic carbocycles. The summed E-state index contributed by atoms with van der Waals surface area (Å²) in [5, 5.41) is 10.0. The lowest BCUT2D eigenvalue weighted by molar-refractivity contribution is -0.143. The Morgan fingerprint density at radius 3 is 1.83 bits per heavy atom. The third kappa shape index (κ3) is 3.44. The van der Waals surface area contributed by atoms with Crippen LogP contribution < -0.4 is 0 Å². The van der Waals surface area contributed by atoms with Crippen LogP contribution in [-0.2, 0) is 17.8 Å². The van der Waals surface area contributed by atoms with Crippen molar-refractivity contribution in [1.82, 2.24) is 0 Å². The highest BCUT2D eigenvalue weighted by molar-refractivity contribution is 5.43. The van der Waals surface area contributed by atoms with E-state index in [1.165, 1.54) is 19.1 Å². The molecular weight excluding hydrogens is 322 g/mol. The highest BCUT2D eigenvalue weighted by Gasteiger charge is 2.41. The van der Waals surface area contributed by atoms with Gasteiger partial charge in [-0.2, -0.15) is 26.3 Å². The van der Waals surface area contributed by atoms with Gasteiger partial charge in [-0.15, -0.1) is 0 Å². The minimum absolute atomic E-state index is 0.0849. The van der Waals surface area contributed by atoms with Gasteiger partial charge in [0.1, 0.15) is 0 Å². The summed E-state index contributed by atoms with van der Waals surface area (Å²) in [6.07, 6.45) is -4.71. The molecule has 0 saturated carbocycles. The second kappa shape index (κ2) is 5.70. The first-order valence-corrected chi connectivity index (χ1v) is 6.79. The molecule has 0 fully saturated rings. The maximum atomic E-state index is 13.0. The Kier molecular flexibility index (Phi) is 4.36. The van der Waals surface area contributed by atoms with Crippen LogP contribution in [0.1, 0.15) is 30.0 Å². The number of aliphatic hydroxyl groups is 1. The van der Waals surface area contributed by atoms with E-state index in [1.807, 2.05) is 0 Å². The summed E-state index contributed by atoms with van der Waals surface area (Å²) in [7, 11) is 0. The zero-order chi connectivity index (χ0) is 17.5. The zero-order valence-electron chi connectivity index (χ0n) is 12.0. The number of benzene rings is 1. The van der Waals surface area contributed by atoms with Gasteiger partial charge >= 0.3 is 12.4 Å². The van der Waals surface area contributed by atoms with Gasteiger partial charge in [0.05, 0.1) is 17.2 Å². The van der Waals surface area contributed by atoms with Gasteiger partial charge in [-0.1, -0.05) is 24.3 Å². The smallest absolute Gasteiger partial charge is 0.392 e. The molecule has 2 rings (SSSR count). The van der Waals surface area contributed by atoms with Crippen molar-refractivity contribution in [2.45, 2.75) is 37.2 Å². The van der Waals surface area contributed by atoms with E-state index in [1.54, 1.807) is 12.2 Å². The van der Waals surface area contributed by atoms with Gasteiger partial charge in [0.2, 0.25) is 0 Å². The number of alkyl halides is 6. The van der Waals surface area contributed by atoms with Crippen molar-refractivity contribution in [3.05, 3.63) is 59.2 Å². The second-order valence-electron chi connectivity index (χ2n) is 5.50. The van der Waals surface area contributed by atoms with E-state index in [9.17, 15) is 31.4 Å². The quantitative estimate of drug-likeness (QED) is 0.765. The number of aliphatic hydroxyl groups excluding tert-OH is 1. The third-order valence-electron chi connectivity index (χ3n) is 3.97. The lowest BCUT2D eigenvalue weighted by atomic mass is 9.71. The van der Waals surface area contributed by atoms with E-state index in [2.05, 4.69) is 0 Å². The highest BCUT2D eigenvalue weighted by Crippen LogP contribution is 2.42. The Bertz CT molecular complexity index is 607. The van der Waals surface area contributed by atoms with Gasteiger partial charge in [0, 0.05) is 5.41 Å². The predicted molar refractivity (Wildman–Crippen MR) is 72.7 cm³/mol. The first-order valence-electron chi connectivity index (χ1n) is 6.79. The molecule has 7 heteroatoms. The Morgan fingerprint density at radius 1 is 0.957 bits per heavy atom. The zero-order valence-corrected chi connectivity index (χ0v) is 12.0. The van der Waals surface area contributed by atoms with E-state index < -0.39 is 35.0 Å². The standard InChI is InChI=1S/C16H14F6O/c1-10(23)14(5-3-2-4-6-14)11-7-12(15(17,18)19)9-13(8-11)16(20,21)22/h2-5,7-10,23H,6H2,1H3. The van der Waals surface area contributed by atoms with Crippen molar-refractivity contribution < 1.29 is 31.4 Å². The van der Waals surface area contributed by atoms with Crippen LogP contribution in [0.15, 0.2) is 42.5 Å². The molecule has 1 aliphatic rings. The SMILES string of the molecule is CC(O)C1(c2cc(C(F)(F)F)cc(C(F)(F)F)c2)C=CC=CC1. The molecular formula is C16H14F6O.